The highest BCUT2D eigenvalue weighted by atomic mass is 16.4. The summed E-state index contributed by atoms with van der Waals surface area (Å²) in [5.41, 5.74) is 10.3. The number of hydrogen-bond donors (Lipinski definition) is 6. The van der Waals surface area contributed by atoms with Crippen LogP contribution in [0.25, 0.3) is 0 Å². The average Bonchev–Trinajstić information content (AvgIpc) is 2.49. The molecule has 9 nitrogen and oxygen atoms in total. The molecule has 9 heteroatoms. The molecule has 0 aliphatic heterocycles. The highest BCUT2D eigenvalue weighted by Crippen LogP contribution is 1.68. The molecule has 8 N–H and O–H groups in total. The van der Waals surface area contributed by atoms with Gasteiger partial charge in [0.2, 0.25) is 0 Å². The number of nitrogens with one attached hydrogen (secondary N) is 1. The molecule has 0 aromatic heterocycles. The Kier molecular flexibility index (Phi) is 35.7. The molecule has 0 fully saturated rings. The monoisotopic (exact) mass is 325 g/mol. The molecule has 0 heterocycles. The first-order valence-corrected chi connectivity index (χ1v) is 6.99. The van der Waals surface area contributed by atoms with Gasteiger partial charge in [0.05, 0.1) is 0 Å². The van der Waals surface area contributed by atoms with Crippen molar-refractivity contribution in [2.75, 3.05) is 26.2 Å². The van der Waals surface area contributed by atoms with E-state index < -0.39 is 17.9 Å². The van der Waals surface area contributed by atoms with E-state index in [1.165, 1.54) is 0 Å². The van der Waals surface area contributed by atoms with Crippen molar-refractivity contribution in [1.82, 2.24) is 5.32 Å². The van der Waals surface area contributed by atoms with Crippen LogP contribution < -0.4 is 16.8 Å². The predicted octanol–water partition coefficient (Wildman–Crippen LogP) is -0.0636. The fourth-order valence-corrected chi connectivity index (χ4v) is 0.329. The lowest BCUT2D eigenvalue weighted by atomic mass is 10.5. The van der Waals surface area contributed by atoms with Crippen LogP contribution in [0.15, 0.2) is 0 Å². The van der Waals surface area contributed by atoms with Gasteiger partial charge in [-0.3, -0.25) is 14.4 Å². The number of carbonyl (C=O) groups is 3. The summed E-state index contributed by atoms with van der Waals surface area (Å²) in [6.07, 6.45) is 0.667. The van der Waals surface area contributed by atoms with Crippen LogP contribution >= 0.6 is 0 Å². The molecule has 0 aliphatic carbocycles. The van der Waals surface area contributed by atoms with E-state index in [-0.39, 0.29) is 19.3 Å². The zero-order valence-corrected chi connectivity index (χ0v) is 13.7. The van der Waals surface area contributed by atoms with Gasteiger partial charge in [-0.25, -0.2) is 0 Å². The second-order valence-electron chi connectivity index (χ2n) is 3.57. The molecule has 0 spiro atoms. The Bertz CT molecular complexity index is 225. The second kappa shape index (κ2) is 27.6. The number of rotatable bonds is 7. The van der Waals surface area contributed by atoms with Gasteiger partial charge >= 0.3 is 17.9 Å². The van der Waals surface area contributed by atoms with Crippen molar-refractivity contribution in [3.63, 3.8) is 0 Å². The van der Waals surface area contributed by atoms with Crippen molar-refractivity contribution in [3.05, 3.63) is 0 Å². The molecule has 22 heavy (non-hydrogen) atoms. The van der Waals surface area contributed by atoms with E-state index in [0.717, 1.165) is 13.1 Å². The Morgan fingerprint density at radius 3 is 1.00 bits per heavy atom. The number of carboxylic acids is 3. The van der Waals surface area contributed by atoms with E-state index in [1.807, 2.05) is 0 Å². The molecule has 0 radical (unpaired) electrons. The Labute approximate surface area is 131 Å². The molecule has 0 atom stereocenters. The third kappa shape index (κ3) is 79.6. The van der Waals surface area contributed by atoms with Crippen molar-refractivity contribution < 1.29 is 29.7 Å². The topological polar surface area (TPSA) is 176 Å². The van der Waals surface area contributed by atoms with Crippen molar-refractivity contribution in [2.45, 2.75) is 40.0 Å². The van der Waals surface area contributed by atoms with E-state index in [1.54, 1.807) is 20.8 Å². The van der Waals surface area contributed by atoms with Crippen LogP contribution in [-0.2, 0) is 14.4 Å². The van der Waals surface area contributed by atoms with Gasteiger partial charge in [0.25, 0.3) is 0 Å². The van der Waals surface area contributed by atoms with Gasteiger partial charge in [0, 0.05) is 45.4 Å². The molecule has 0 rings (SSSR count). The third-order valence-electron chi connectivity index (χ3n) is 1.55. The molecule has 134 valence electrons. The SMILES string of the molecule is CCC(=O)O.CCC(=O)O.CCC(=O)O.NCCNCCN. The number of carboxylic acid groups (broad SMARTS) is 3. The minimum Gasteiger partial charge on any atom is -0.481 e. The van der Waals surface area contributed by atoms with Gasteiger partial charge in [0.1, 0.15) is 0 Å². The van der Waals surface area contributed by atoms with Gasteiger partial charge in [0.15, 0.2) is 0 Å². The summed E-state index contributed by atoms with van der Waals surface area (Å²) >= 11 is 0. The predicted molar refractivity (Wildman–Crippen MR) is 84.8 cm³/mol. The molecule has 0 saturated carbocycles. The molecular weight excluding hydrogens is 294 g/mol. The van der Waals surface area contributed by atoms with Crippen LogP contribution in [-0.4, -0.2) is 59.4 Å². The van der Waals surface area contributed by atoms with E-state index in [9.17, 15) is 14.4 Å². The lowest BCUT2D eigenvalue weighted by Gasteiger charge is -1.95. The summed E-state index contributed by atoms with van der Waals surface area (Å²) in [6, 6.07) is 0. The van der Waals surface area contributed by atoms with Crippen LogP contribution in [0.2, 0.25) is 0 Å². The summed E-state index contributed by atoms with van der Waals surface area (Å²) in [5, 5.41) is 26.2. The van der Waals surface area contributed by atoms with Crippen molar-refractivity contribution >= 4 is 17.9 Å². The van der Waals surface area contributed by atoms with Crippen LogP contribution in [0.5, 0.6) is 0 Å². The molecule has 0 saturated heterocycles. The van der Waals surface area contributed by atoms with Gasteiger partial charge in [-0.2, -0.15) is 0 Å². The lowest BCUT2D eigenvalue weighted by Crippen LogP contribution is -2.27. The van der Waals surface area contributed by atoms with Gasteiger partial charge in [-0.15, -0.1) is 0 Å². The average molecular weight is 325 g/mol. The highest BCUT2D eigenvalue weighted by molar-refractivity contribution is 5.66. The first kappa shape index (κ1) is 28.5. The van der Waals surface area contributed by atoms with E-state index in [4.69, 9.17) is 26.8 Å². The van der Waals surface area contributed by atoms with Crippen molar-refractivity contribution in [1.29, 1.82) is 0 Å². The molecule has 0 aromatic rings. The Balaban J connectivity index is -0.0000000995. The van der Waals surface area contributed by atoms with E-state index in [2.05, 4.69) is 5.32 Å². The zero-order chi connectivity index (χ0) is 18.4. The Morgan fingerprint density at radius 1 is 0.727 bits per heavy atom. The smallest absolute Gasteiger partial charge is 0.303 e. The first-order chi connectivity index (χ1) is 10.2. The number of hydrogen-bond acceptors (Lipinski definition) is 6. The quantitative estimate of drug-likeness (QED) is 0.350. The molecule has 0 aromatic carbocycles. The number of nitrogens with two attached hydrogens (primary N) is 2. The molecule has 0 aliphatic rings. The van der Waals surface area contributed by atoms with Crippen LogP contribution in [0, 0.1) is 0 Å². The van der Waals surface area contributed by atoms with Crippen LogP contribution in [0.1, 0.15) is 40.0 Å². The fraction of sp³-hybridized carbons (Fsp3) is 0.769. The van der Waals surface area contributed by atoms with E-state index in [0.29, 0.717) is 13.1 Å². The van der Waals surface area contributed by atoms with Crippen LogP contribution in [0.4, 0.5) is 0 Å². The zero-order valence-electron chi connectivity index (χ0n) is 13.7. The maximum absolute atomic E-state index is 9.37. The molecule has 0 bridgehead atoms. The maximum Gasteiger partial charge on any atom is 0.303 e. The second-order valence-corrected chi connectivity index (χ2v) is 3.57. The summed E-state index contributed by atoms with van der Waals surface area (Å²) < 4.78 is 0. The Morgan fingerprint density at radius 2 is 0.909 bits per heavy atom. The summed E-state index contributed by atoms with van der Waals surface area (Å²) in [4.78, 5) is 28.1. The Hall–Kier alpha value is -1.71. The molecule has 0 amide bonds. The maximum atomic E-state index is 9.37. The minimum absolute atomic E-state index is 0.222. The van der Waals surface area contributed by atoms with Gasteiger partial charge in [-0.05, 0) is 0 Å². The lowest BCUT2D eigenvalue weighted by molar-refractivity contribution is -0.137. The van der Waals surface area contributed by atoms with E-state index >= 15 is 0 Å². The van der Waals surface area contributed by atoms with Crippen molar-refractivity contribution in [2.24, 2.45) is 11.5 Å². The van der Waals surface area contributed by atoms with Crippen molar-refractivity contribution in [3.8, 4) is 0 Å². The normalized spacial score (nSPS) is 8.05. The standard InChI is InChI=1S/C4H13N3.3C3H6O2/c5-1-3-7-4-2-6;3*1-2-3(4)5/h7H,1-6H2;3*2H2,1H3,(H,4,5). The minimum atomic E-state index is -0.745. The van der Waals surface area contributed by atoms with Gasteiger partial charge < -0.3 is 32.1 Å². The highest BCUT2D eigenvalue weighted by Gasteiger charge is 1.81. The third-order valence-corrected chi connectivity index (χ3v) is 1.55. The summed E-state index contributed by atoms with van der Waals surface area (Å²) in [7, 11) is 0. The fourth-order valence-electron chi connectivity index (χ4n) is 0.329. The summed E-state index contributed by atoms with van der Waals surface area (Å²) in [5.74, 6) is -2.24. The first-order valence-electron chi connectivity index (χ1n) is 6.99. The summed E-state index contributed by atoms with van der Waals surface area (Å²) in [6.45, 7) is 7.93. The molecule has 0 unspecified atom stereocenters. The largest absolute Gasteiger partial charge is 0.481 e. The van der Waals surface area contributed by atoms with Gasteiger partial charge in [-0.1, -0.05) is 20.8 Å². The van der Waals surface area contributed by atoms with Crippen LogP contribution in [0.3, 0.4) is 0 Å². The number of aliphatic carboxylic acids is 3. The molecular formula is C13H31N3O6.